The molecule has 112 valence electrons. The molecule has 0 radical (unpaired) electrons. The van der Waals surface area contributed by atoms with E-state index < -0.39 is 0 Å². The van der Waals surface area contributed by atoms with Crippen molar-refractivity contribution in [3.63, 3.8) is 0 Å². The Hall–Kier alpha value is -1.55. The first kappa shape index (κ1) is 15.3. The normalized spacial score (nSPS) is 10.7. The summed E-state index contributed by atoms with van der Waals surface area (Å²) in [6, 6.07) is 17.3. The first-order valence-corrected chi connectivity index (χ1v) is 8.11. The molecule has 0 saturated heterocycles. The maximum atomic E-state index is 6.27. The highest BCUT2D eigenvalue weighted by molar-refractivity contribution is 7.99. The van der Waals surface area contributed by atoms with Gasteiger partial charge < -0.3 is 9.15 Å². The van der Waals surface area contributed by atoms with Gasteiger partial charge in [-0.2, -0.15) is 0 Å². The van der Waals surface area contributed by atoms with Crippen LogP contribution in [0.3, 0.4) is 0 Å². The van der Waals surface area contributed by atoms with Crippen LogP contribution in [0.25, 0.3) is 11.1 Å². The molecule has 0 aliphatic rings. The minimum atomic E-state index is 0.433. The van der Waals surface area contributed by atoms with Crippen LogP contribution in [0.15, 0.2) is 69.0 Å². The third kappa shape index (κ3) is 3.27. The lowest BCUT2D eigenvalue weighted by Crippen LogP contribution is -1.84. The SMILES string of the molecule is COc1oc(Sc2ccccc2)cc1-c1ccc(Cl)cc1Cl. The molecule has 2 nitrogen and oxygen atoms in total. The number of halogens is 2. The van der Waals surface area contributed by atoms with Crippen LogP contribution in [0, 0.1) is 0 Å². The summed E-state index contributed by atoms with van der Waals surface area (Å²) in [5.74, 6) is 0.433. The zero-order chi connectivity index (χ0) is 15.5. The van der Waals surface area contributed by atoms with E-state index in [1.54, 1.807) is 19.2 Å². The third-order valence-corrected chi connectivity index (χ3v) is 4.50. The molecule has 2 aromatic carbocycles. The van der Waals surface area contributed by atoms with Gasteiger partial charge in [0, 0.05) is 21.5 Å². The van der Waals surface area contributed by atoms with Crippen molar-refractivity contribution in [3.05, 3.63) is 64.6 Å². The number of ether oxygens (including phenoxy) is 1. The van der Waals surface area contributed by atoms with E-state index in [0.29, 0.717) is 16.0 Å². The van der Waals surface area contributed by atoms with Crippen molar-refractivity contribution in [2.45, 2.75) is 9.99 Å². The Morgan fingerprint density at radius 1 is 0.955 bits per heavy atom. The van der Waals surface area contributed by atoms with Crippen molar-refractivity contribution in [1.29, 1.82) is 0 Å². The van der Waals surface area contributed by atoms with Crippen molar-refractivity contribution < 1.29 is 9.15 Å². The molecule has 5 heteroatoms. The van der Waals surface area contributed by atoms with Gasteiger partial charge in [0.05, 0.1) is 17.7 Å². The van der Waals surface area contributed by atoms with Gasteiger partial charge in [-0.25, -0.2) is 0 Å². The molecule has 3 rings (SSSR count). The molecule has 0 unspecified atom stereocenters. The fourth-order valence-electron chi connectivity index (χ4n) is 2.05. The number of furan rings is 1. The van der Waals surface area contributed by atoms with Gasteiger partial charge in [-0.3, -0.25) is 0 Å². The first-order valence-electron chi connectivity index (χ1n) is 6.53. The minimum Gasteiger partial charge on any atom is -0.468 e. The minimum absolute atomic E-state index is 0.433. The van der Waals surface area contributed by atoms with Crippen LogP contribution in [0.1, 0.15) is 0 Å². The van der Waals surface area contributed by atoms with E-state index in [4.69, 9.17) is 32.4 Å². The molecule has 1 heterocycles. The summed E-state index contributed by atoms with van der Waals surface area (Å²) in [4.78, 5) is 1.09. The van der Waals surface area contributed by atoms with Gasteiger partial charge in [0.1, 0.15) is 0 Å². The molecule has 0 bridgehead atoms. The van der Waals surface area contributed by atoms with Crippen molar-refractivity contribution in [2.24, 2.45) is 0 Å². The Morgan fingerprint density at radius 3 is 2.41 bits per heavy atom. The summed E-state index contributed by atoms with van der Waals surface area (Å²) < 4.78 is 11.1. The maximum absolute atomic E-state index is 6.27. The van der Waals surface area contributed by atoms with Crippen LogP contribution in [-0.4, -0.2) is 7.11 Å². The summed E-state index contributed by atoms with van der Waals surface area (Å²) in [5.41, 5.74) is 1.63. The van der Waals surface area contributed by atoms with Crippen LogP contribution in [0.5, 0.6) is 5.95 Å². The molecular formula is C17H12Cl2O2S. The third-order valence-electron chi connectivity index (χ3n) is 3.04. The van der Waals surface area contributed by atoms with Gasteiger partial charge in [0.25, 0.3) is 5.95 Å². The smallest absolute Gasteiger partial charge is 0.293 e. The molecule has 0 N–H and O–H groups in total. The summed E-state index contributed by atoms with van der Waals surface area (Å²) >= 11 is 13.7. The van der Waals surface area contributed by atoms with Gasteiger partial charge in [0.15, 0.2) is 5.09 Å². The largest absolute Gasteiger partial charge is 0.468 e. The topological polar surface area (TPSA) is 22.4 Å². The number of hydrogen-bond donors (Lipinski definition) is 0. The molecule has 0 saturated carbocycles. The monoisotopic (exact) mass is 350 g/mol. The van der Waals surface area contributed by atoms with E-state index in [1.165, 1.54) is 11.8 Å². The van der Waals surface area contributed by atoms with E-state index in [9.17, 15) is 0 Å². The molecule has 0 aliphatic heterocycles. The summed E-state index contributed by atoms with van der Waals surface area (Å²) in [6.07, 6.45) is 0. The predicted molar refractivity (Wildman–Crippen MR) is 91.3 cm³/mol. The second-order valence-electron chi connectivity index (χ2n) is 4.51. The van der Waals surface area contributed by atoms with Crippen molar-refractivity contribution in [3.8, 4) is 17.1 Å². The average molecular weight is 351 g/mol. The molecule has 0 amide bonds. The van der Waals surface area contributed by atoms with Gasteiger partial charge in [-0.05, 0) is 24.3 Å². The number of rotatable bonds is 4. The molecule has 0 aliphatic carbocycles. The highest BCUT2D eigenvalue weighted by atomic mass is 35.5. The van der Waals surface area contributed by atoms with Gasteiger partial charge >= 0.3 is 0 Å². The maximum Gasteiger partial charge on any atom is 0.293 e. The van der Waals surface area contributed by atoms with Crippen LogP contribution in [-0.2, 0) is 0 Å². The van der Waals surface area contributed by atoms with E-state index in [-0.39, 0.29) is 0 Å². The van der Waals surface area contributed by atoms with Crippen LogP contribution in [0.2, 0.25) is 10.0 Å². The van der Waals surface area contributed by atoms with Gasteiger partial charge in [0.2, 0.25) is 0 Å². The molecule has 3 aromatic rings. The van der Waals surface area contributed by atoms with E-state index in [2.05, 4.69) is 0 Å². The first-order chi connectivity index (χ1) is 10.7. The quantitative estimate of drug-likeness (QED) is 0.542. The second kappa shape index (κ2) is 6.69. The van der Waals surface area contributed by atoms with Crippen LogP contribution in [0.4, 0.5) is 0 Å². The zero-order valence-corrected chi connectivity index (χ0v) is 14.0. The standard InChI is InChI=1S/C17H12Cl2O2S/c1-20-17-14(13-8-7-11(18)9-15(13)19)10-16(21-17)22-12-5-3-2-4-6-12/h2-10H,1H3. The molecule has 22 heavy (non-hydrogen) atoms. The number of methoxy groups -OCH3 is 1. The summed E-state index contributed by atoms with van der Waals surface area (Å²) in [5, 5.41) is 1.89. The van der Waals surface area contributed by atoms with E-state index in [0.717, 1.165) is 21.1 Å². The van der Waals surface area contributed by atoms with Crippen molar-refractivity contribution in [1.82, 2.24) is 0 Å². The molecule has 0 spiro atoms. The lowest BCUT2D eigenvalue weighted by Gasteiger charge is -2.03. The molecule has 1 aromatic heterocycles. The second-order valence-corrected chi connectivity index (χ2v) is 6.43. The summed E-state index contributed by atoms with van der Waals surface area (Å²) in [6.45, 7) is 0. The molecular weight excluding hydrogens is 339 g/mol. The lowest BCUT2D eigenvalue weighted by molar-refractivity contribution is 0.281. The molecule has 0 fully saturated rings. The summed E-state index contributed by atoms with van der Waals surface area (Å²) in [7, 11) is 1.57. The Labute approximate surface area is 143 Å². The van der Waals surface area contributed by atoms with Crippen LogP contribution < -0.4 is 4.74 Å². The fraction of sp³-hybridized carbons (Fsp3) is 0.0588. The van der Waals surface area contributed by atoms with Crippen LogP contribution >= 0.6 is 35.0 Å². The van der Waals surface area contributed by atoms with E-state index in [1.807, 2.05) is 42.5 Å². The van der Waals surface area contributed by atoms with Crippen molar-refractivity contribution >= 4 is 35.0 Å². The number of hydrogen-bond acceptors (Lipinski definition) is 3. The highest BCUT2D eigenvalue weighted by Crippen LogP contribution is 2.42. The fourth-order valence-corrected chi connectivity index (χ4v) is 3.38. The van der Waals surface area contributed by atoms with Crippen molar-refractivity contribution in [2.75, 3.05) is 7.11 Å². The Bertz CT molecular complexity index is 785. The van der Waals surface area contributed by atoms with Gasteiger partial charge in [-0.1, -0.05) is 59.2 Å². The average Bonchev–Trinajstić information content (AvgIpc) is 2.91. The number of benzene rings is 2. The zero-order valence-electron chi connectivity index (χ0n) is 11.7. The molecule has 0 atom stereocenters. The van der Waals surface area contributed by atoms with Gasteiger partial charge in [-0.15, -0.1) is 0 Å². The Balaban J connectivity index is 1.98. The highest BCUT2D eigenvalue weighted by Gasteiger charge is 2.17. The predicted octanol–water partition coefficient (Wildman–Crippen LogP) is 6.41. The Morgan fingerprint density at radius 2 is 1.73 bits per heavy atom. The lowest BCUT2D eigenvalue weighted by atomic mass is 10.1. The Kier molecular flexibility index (Phi) is 4.67. The van der Waals surface area contributed by atoms with E-state index >= 15 is 0 Å².